The number of benzene rings is 2. The van der Waals surface area contributed by atoms with Gasteiger partial charge in [-0.05, 0) is 70.7 Å². The topological polar surface area (TPSA) is 97.9 Å². The zero-order chi connectivity index (χ0) is 32.2. The molecule has 0 fully saturated rings. The third-order valence-corrected chi connectivity index (χ3v) is 7.72. The van der Waals surface area contributed by atoms with E-state index in [1.807, 2.05) is 96.1 Å². The Morgan fingerprint density at radius 1 is 1.05 bits per heavy atom. The first-order chi connectivity index (χ1) is 20.8. The van der Waals surface area contributed by atoms with Crippen LogP contribution in [0.4, 0.5) is 4.79 Å². The lowest BCUT2D eigenvalue weighted by molar-refractivity contribution is 0.0520. The second-order valence-electron chi connectivity index (χ2n) is 12.5. The summed E-state index contributed by atoms with van der Waals surface area (Å²) in [7, 11) is 0. The van der Waals surface area contributed by atoms with Gasteiger partial charge in [0.1, 0.15) is 5.60 Å². The summed E-state index contributed by atoms with van der Waals surface area (Å²) in [6.07, 6.45) is -0.0417. The Morgan fingerprint density at radius 3 is 2.39 bits per heavy atom. The molecule has 0 aliphatic carbocycles. The predicted molar refractivity (Wildman–Crippen MR) is 173 cm³/mol. The van der Waals surface area contributed by atoms with Gasteiger partial charge < -0.3 is 15.0 Å². The van der Waals surface area contributed by atoms with Crippen molar-refractivity contribution in [3.8, 4) is 0 Å². The summed E-state index contributed by atoms with van der Waals surface area (Å²) in [4.78, 5) is 42.5. The lowest BCUT2D eigenvalue weighted by atomic mass is 9.96. The van der Waals surface area contributed by atoms with Gasteiger partial charge in [-0.3, -0.25) is 9.36 Å². The van der Waals surface area contributed by atoms with Crippen LogP contribution in [-0.4, -0.2) is 49.8 Å². The van der Waals surface area contributed by atoms with Gasteiger partial charge in [-0.2, -0.15) is 9.61 Å². The van der Waals surface area contributed by atoms with Gasteiger partial charge in [0.25, 0.3) is 5.91 Å². The smallest absolute Gasteiger partial charge is 0.407 e. The lowest BCUT2D eigenvalue weighted by Gasteiger charge is -2.36. The highest BCUT2D eigenvalue weighted by Crippen LogP contribution is 2.33. The normalized spacial score (nSPS) is 12.4. The molecule has 9 nitrogen and oxygen atoms in total. The first kappa shape index (κ1) is 32.8. The monoisotopic (exact) mass is 619 g/mol. The predicted octanol–water partition coefficient (Wildman–Crippen LogP) is 6.57. The van der Waals surface area contributed by atoms with Crippen LogP contribution in [0, 0.1) is 19.8 Å². The van der Waals surface area contributed by atoms with Crippen molar-refractivity contribution in [1.82, 2.24) is 24.4 Å². The molecule has 0 aliphatic rings. The van der Waals surface area contributed by atoms with Crippen LogP contribution in [0.2, 0.25) is 5.02 Å². The van der Waals surface area contributed by atoms with Crippen LogP contribution in [0.5, 0.6) is 0 Å². The average molecular weight is 620 g/mol. The van der Waals surface area contributed by atoms with E-state index in [-0.39, 0.29) is 24.1 Å². The highest BCUT2D eigenvalue weighted by molar-refractivity contribution is 6.34. The Morgan fingerprint density at radius 2 is 1.75 bits per heavy atom. The van der Waals surface area contributed by atoms with Crippen LogP contribution in [0.25, 0.3) is 5.52 Å². The fourth-order valence-electron chi connectivity index (χ4n) is 5.34. The molecule has 2 aromatic heterocycles. The molecule has 10 heteroatoms. The van der Waals surface area contributed by atoms with E-state index in [2.05, 4.69) is 10.4 Å². The first-order valence-electron chi connectivity index (χ1n) is 14.9. The number of aryl methyl sites for hydroxylation is 2. The van der Waals surface area contributed by atoms with Gasteiger partial charge >= 0.3 is 11.8 Å². The molecule has 2 amide bonds. The van der Waals surface area contributed by atoms with Gasteiger partial charge in [0, 0.05) is 24.3 Å². The largest absolute Gasteiger partial charge is 0.444 e. The van der Waals surface area contributed by atoms with Gasteiger partial charge in [0.15, 0.2) is 0 Å². The number of hydrogen-bond donors (Lipinski definition) is 1. The molecular weight excluding hydrogens is 578 g/mol. The quantitative estimate of drug-likeness (QED) is 0.203. The molecule has 1 N–H and O–H groups in total. The number of fused-ring (bicyclic) bond motifs is 1. The molecule has 0 aliphatic heterocycles. The molecule has 0 saturated carbocycles. The number of aromatic nitrogens is 3. The van der Waals surface area contributed by atoms with Crippen molar-refractivity contribution in [1.29, 1.82) is 0 Å². The van der Waals surface area contributed by atoms with E-state index in [1.54, 1.807) is 22.5 Å². The third kappa shape index (κ3) is 7.69. The van der Waals surface area contributed by atoms with Gasteiger partial charge in [-0.25, -0.2) is 9.59 Å². The Balaban J connectivity index is 1.81. The van der Waals surface area contributed by atoms with Crippen LogP contribution < -0.4 is 11.0 Å². The molecular formula is C34H42ClN5O4. The number of nitrogens with one attached hydrogen (secondary N) is 1. The minimum Gasteiger partial charge on any atom is -0.444 e. The Bertz CT molecular complexity index is 1690. The van der Waals surface area contributed by atoms with E-state index in [4.69, 9.17) is 16.3 Å². The highest BCUT2D eigenvalue weighted by atomic mass is 35.5. The molecule has 4 rings (SSSR count). The number of carbonyl (C=O) groups is 2. The molecule has 0 radical (unpaired) electrons. The fraction of sp³-hybridized carbons (Fsp3) is 0.412. The van der Waals surface area contributed by atoms with Gasteiger partial charge in [0.05, 0.1) is 28.8 Å². The minimum absolute atomic E-state index is 0.0887. The first-order valence-corrected chi connectivity index (χ1v) is 15.3. The number of amides is 2. The van der Waals surface area contributed by atoms with Crippen LogP contribution in [0.1, 0.15) is 80.0 Å². The van der Waals surface area contributed by atoms with Crippen molar-refractivity contribution in [3.05, 3.63) is 104 Å². The molecule has 1 unspecified atom stereocenters. The van der Waals surface area contributed by atoms with Crippen molar-refractivity contribution in [3.63, 3.8) is 0 Å². The van der Waals surface area contributed by atoms with E-state index in [1.165, 1.54) is 4.52 Å². The lowest BCUT2D eigenvalue weighted by Crippen LogP contribution is -2.43. The molecule has 2 aromatic carbocycles. The van der Waals surface area contributed by atoms with E-state index in [0.29, 0.717) is 47.0 Å². The maximum absolute atomic E-state index is 14.3. The zero-order valence-electron chi connectivity index (χ0n) is 26.6. The third-order valence-electron chi connectivity index (χ3n) is 7.25. The number of halogens is 1. The second kappa shape index (κ2) is 13.7. The molecule has 0 bridgehead atoms. The summed E-state index contributed by atoms with van der Waals surface area (Å²) in [5.74, 6) is -0.256. The van der Waals surface area contributed by atoms with E-state index in [9.17, 15) is 14.4 Å². The number of hydrogen-bond acceptors (Lipinski definition) is 5. The van der Waals surface area contributed by atoms with Crippen molar-refractivity contribution < 1.29 is 14.3 Å². The molecule has 2 heterocycles. The zero-order valence-corrected chi connectivity index (χ0v) is 27.3. The van der Waals surface area contributed by atoms with E-state index < -0.39 is 17.7 Å². The fourth-order valence-corrected chi connectivity index (χ4v) is 5.51. The number of rotatable bonds is 10. The van der Waals surface area contributed by atoms with Crippen molar-refractivity contribution in [2.24, 2.45) is 5.92 Å². The summed E-state index contributed by atoms with van der Waals surface area (Å²) in [5.41, 5.74) is 3.20. The number of carbonyl (C=O) groups excluding carboxylic acids is 2. The SMILES string of the molecule is Cc1cccc(C(=O)N(CCCNC(=O)OC(C)(C)C)C(c2cc3c(Cl)c(C)nn3c(=O)n2Cc2ccccc2)C(C)C)c1. The number of nitrogens with zero attached hydrogens (tertiary/aromatic N) is 4. The summed E-state index contributed by atoms with van der Waals surface area (Å²) >= 11 is 6.65. The molecule has 1 atom stereocenters. The average Bonchev–Trinajstić information content (AvgIpc) is 3.24. The molecule has 4 aromatic rings. The standard InChI is InChI=1S/C34H42ClN5O4/c1-22(2)30(28-20-27-29(35)24(4)37-40(27)33(43)39(28)21-25-14-9-8-10-15-25)38(31(41)26-16-11-13-23(3)19-26)18-12-17-36-32(42)44-34(5,6)7/h8-11,13-16,19-20,22,30H,12,17-18,21H2,1-7H3,(H,36,42). The van der Waals surface area contributed by atoms with Crippen LogP contribution >= 0.6 is 11.6 Å². The van der Waals surface area contributed by atoms with Crippen LogP contribution in [0.15, 0.2) is 65.5 Å². The maximum atomic E-state index is 14.3. The highest BCUT2D eigenvalue weighted by Gasteiger charge is 2.32. The van der Waals surface area contributed by atoms with Crippen molar-refractivity contribution in [2.75, 3.05) is 13.1 Å². The molecule has 0 saturated heterocycles. The van der Waals surface area contributed by atoms with E-state index >= 15 is 0 Å². The van der Waals surface area contributed by atoms with Crippen molar-refractivity contribution in [2.45, 2.75) is 73.1 Å². The van der Waals surface area contributed by atoms with Crippen LogP contribution in [-0.2, 0) is 11.3 Å². The van der Waals surface area contributed by atoms with Gasteiger partial charge in [-0.1, -0.05) is 73.5 Å². The summed E-state index contributed by atoms with van der Waals surface area (Å²) in [6, 6.07) is 18.6. The molecule has 234 valence electrons. The summed E-state index contributed by atoms with van der Waals surface area (Å²) < 4.78 is 8.40. The summed E-state index contributed by atoms with van der Waals surface area (Å²) in [5, 5.41) is 7.61. The Labute approximate surface area is 263 Å². The Hall–Kier alpha value is -4.11. The molecule has 0 spiro atoms. The second-order valence-corrected chi connectivity index (χ2v) is 12.8. The molecule has 44 heavy (non-hydrogen) atoms. The van der Waals surface area contributed by atoms with Gasteiger partial charge in [-0.15, -0.1) is 0 Å². The Kier molecular flexibility index (Phi) is 10.2. The number of alkyl carbamates (subject to hydrolysis) is 1. The van der Waals surface area contributed by atoms with Crippen LogP contribution in [0.3, 0.4) is 0 Å². The minimum atomic E-state index is -0.617. The van der Waals surface area contributed by atoms with Crippen molar-refractivity contribution >= 4 is 29.1 Å². The number of ether oxygens (including phenoxy) is 1. The maximum Gasteiger partial charge on any atom is 0.407 e. The summed E-state index contributed by atoms with van der Waals surface area (Å²) in [6.45, 7) is 14.1. The van der Waals surface area contributed by atoms with E-state index in [0.717, 1.165) is 11.1 Å². The van der Waals surface area contributed by atoms with Gasteiger partial charge in [0.2, 0.25) is 0 Å².